The van der Waals surface area contributed by atoms with Crippen LogP contribution in [0.4, 0.5) is 0 Å². The minimum Gasteiger partial charge on any atom is -0.506 e. The molecule has 1 aromatic rings. The number of carbonyl (C=O) groups excluding carboxylic acids is 3. The van der Waals surface area contributed by atoms with E-state index in [1.165, 1.54) is 25.3 Å². The van der Waals surface area contributed by atoms with Crippen molar-refractivity contribution in [3.63, 3.8) is 0 Å². The standard InChI is InChI=1S/C19H22Cl2N2O5/c1-11(19(27)28-2)22-18(26)13-7-9-23(10-8-13)15(25)6-4-12-3-5-14(24)17(21)16(12)20/h3-6,11,13,24H,7-10H2,1-2H3,(H,22,26)/b6-4+. The minimum absolute atomic E-state index is 0.0317. The number of halogens is 2. The van der Waals surface area contributed by atoms with Gasteiger partial charge in [0.1, 0.15) is 16.8 Å². The lowest BCUT2D eigenvalue weighted by molar-refractivity contribution is -0.145. The van der Waals surface area contributed by atoms with Crippen LogP contribution >= 0.6 is 23.2 Å². The Morgan fingerprint density at radius 3 is 2.50 bits per heavy atom. The molecule has 0 aromatic heterocycles. The molecule has 1 saturated heterocycles. The van der Waals surface area contributed by atoms with Crippen molar-refractivity contribution in [1.29, 1.82) is 0 Å². The number of phenolic OH excluding ortho intramolecular Hbond substituents is 1. The largest absolute Gasteiger partial charge is 0.506 e. The minimum atomic E-state index is -0.707. The molecule has 1 unspecified atom stereocenters. The molecule has 1 aliphatic rings. The van der Waals surface area contributed by atoms with Crippen LogP contribution in [0, 0.1) is 5.92 Å². The number of benzene rings is 1. The van der Waals surface area contributed by atoms with Gasteiger partial charge in [0.05, 0.1) is 12.1 Å². The number of ether oxygens (including phenoxy) is 1. The van der Waals surface area contributed by atoms with Gasteiger partial charge in [-0.2, -0.15) is 0 Å². The second kappa shape index (κ2) is 9.80. The van der Waals surface area contributed by atoms with Gasteiger partial charge in [-0.05, 0) is 43.5 Å². The maximum absolute atomic E-state index is 12.4. The number of rotatable bonds is 5. The van der Waals surface area contributed by atoms with Crippen molar-refractivity contribution in [2.45, 2.75) is 25.8 Å². The summed E-state index contributed by atoms with van der Waals surface area (Å²) in [6, 6.07) is 2.26. The van der Waals surface area contributed by atoms with Crippen molar-refractivity contribution in [2.24, 2.45) is 5.92 Å². The molecule has 2 rings (SSSR count). The summed E-state index contributed by atoms with van der Waals surface area (Å²) in [4.78, 5) is 37.6. The molecule has 9 heteroatoms. The number of hydrogen-bond acceptors (Lipinski definition) is 5. The predicted molar refractivity (Wildman–Crippen MR) is 106 cm³/mol. The summed E-state index contributed by atoms with van der Waals surface area (Å²) in [5.41, 5.74) is 0.517. The molecule has 0 spiro atoms. The number of nitrogens with zero attached hydrogens (tertiary/aromatic N) is 1. The van der Waals surface area contributed by atoms with E-state index in [4.69, 9.17) is 23.2 Å². The molecule has 152 valence electrons. The van der Waals surface area contributed by atoms with Gasteiger partial charge < -0.3 is 20.1 Å². The fraction of sp³-hybridized carbons (Fsp3) is 0.421. The second-order valence-corrected chi connectivity index (χ2v) is 7.24. The first-order valence-corrected chi connectivity index (χ1v) is 9.52. The van der Waals surface area contributed by atoms with Gasteiger partial charge in [0.15, 0.2) is 0 Å². The Hall–Kier alpha value is -2.25. The first-order valence-electron chi connectivity index (χ1n) is 8.76. The summed E-state index contributed by atoms with van der Waals surface area (Å²) in [5.74, 6) is -1.31. The SMILES string of the molecule is COC(=O)C(C)NC(=O)C1CCN(C(=O)/C=C/c2ccc(O)c(Cl)c2Cl)CC1. The highest BCUT2D eigenvalue weighted by Gasteiger charge is 2.28. The van der Waals surface area contributed by atoms with Crippen LogP contribution < -0.4 is 5.32 Å². The van der Waals surface area contributed by atoms with Crippen molar-refractivity contribution in [3.8, 4) is 5.75 Å². The topological polar surface area (TPSA) is 95.9 Å². The first-order chi connectivity index (χ1) is 13.2. The van der Waals surface area contributed by atoms with Gasteiger partial charge in [-0.3, -0.25) is 9.59 Å². The van der Waals surface area contributed by atoms with Crippen LogP contribution in [-0.4, -0.2) is 54.0 Å². The third-order valence-electron chi connectivity index (χ3n) is 4.59. The molecule has 7 nitrogen and oxygen atoms in total. The van der Waals surface area contributed by atoms with E-state index in [1.807, 2.05) is 0 Å². The van der Waals surface area contributed by atoms with E-state index < -0.39 is 12.0 Å². The van der Waals surface area contributed by atoms with Crippen LogP contribution in [0.25, 0.3) is 6.08 Å². The smallest absolute Gasteiger partial charge is 0.328 e. The molecule has 0 bridgehead atoms. The first kappa shape index (κ1) is 22.0. The van der Waals surface area contributed by atoms with E-state index in [1.54, 1.807) is 17.9 Å². The lowest BCUT2D eigenvalue weighted by Crippen LogP contribution is -2.46. The van der Waals surface area contributed by atoms with Crippen LogP contribution in [0.5, 0.6) is 5.75 Å². The molecule has 1 fully saturated rings. The molecule has 1 aliphatic heterocycles. The molecular weight excluding hydrogens is 407 g/mol. The maximum atomic E-state index is 12.4. The van der Waals surface area contributed by atoms with E-state index in [2.05, 4.69) is 10.1 Å². The zero-order valence-electron chi connectivity index (χ0n) is 15.6. The summed E-state index contributed by atoms with van der Waals surface area (Å²) in [5, 5.41) is 12.3. The summed E-state index contributed by atoms with van der Waals surface area (Å²) in [6.45, 7) is 2.42. The third-order valence-corrected chi connectivity index (χ3v) is 5.47. The number of nitrogens with one attached hydrogen (secondary N) is 1. The summed E-state index contributed by atoms with van der Waals surface area (Å²) in [7, 11) is 1.27. The van der Waals surface area contributed by atoms with Gasteiger partial charge >= 0.3 is 5.97 Å². The number of aromatic hydroxyl groups is 1. The van der Waals surface area contributed by atoms with Crippen molar-refractivity contribution in [2.75, 3.05) is 20.2 Å². The average molecular weight is 429 g/mol. The van der Waals surface area contributed by atoms with Crippen LogP contribution in [0.15, 0.2) is 18.2 Å². The van der Waals surface area contributed by atoms with Crippen LogP contribution in [0.3, 0.4) is 0 Å². The van der Waals surface area contributed by atoms with Crippen LogP contribution in [0.2, 0.25) is 10.0 Å². The molecule has 1 aromatic carbocycles. The molecule has 2 amide bonds. The molecule has 0 saturated carbocycles. The van der Waals surface area contributed by atoms with Gasteiger partial charge in [-0.1, -0.05) is 23.2 Å². The highest BCUT2D eigenvalue weighted by atomic mass is 35.5. The Morgan fingerprint density at radius 1 is 1.25 bits per heavy atom. The quantitative estimate of drug-likeness (QED) is 0.554. The Labute approximate surface area is 173 Å². The number of piperidine rings is 1. The van der Waals surface area contributed by atoms with E-state index in [-0.39, 0.29) is 33.5 Å². The van der Waals surface area contributed by atoms with Gasteiger partial charge in [-0.15, -0.1) is 0 Å². The van der Waals surface area contributed by atoms with Crippen molar-refractivity contribution in [3.05, 3.63) is 33.8 Å². The molecule has 0 aliphatic carbocycles. The third kappa shape index (κ3) is 5.39. The molecule has 2 N–H and O–H groups in total. The average Bonchev–Trinajstić information content (AvgIpc) is 2.70. The summed E-state index contributed by atoms with van der Waals surface area (Å²) < 4.78 is 4.59. The fourth-order valence-electron chi connectivity index (χ4n) is 2.88. The number of likely N-dealkylation sites (tertiary alicyclic amines) is 1. The van der Waals surface area contributed by atoms with Gasteiger partial charge in [0, 0.05) is 25.1 Å². The van der Waals surface area contributed by atoms with E-state index in [0.29, 0.717) is 31.5 Å². The number of phenols is 1. The molecular formula is C19H22Cl2N2O5. The predicted octanol–water partition coefficient (Wildman–Crippen LogP) is 2.63. The van der Waals surface area contributed by atoms with Gasteiger partial charge in [-0.25, -0.2) is 4.79 Å². The normalized spacial score (nSPS) is 16.1. The van der Waals surface area contributed by atoms with Crippen molar-refractivity contribution >= 4 is 47.1 Å². The Balaban J connectivity index is 1.89. The number of esters is 1. The molecule has 1 heterocycles. The van der Waals surface area contributed by atoms with Crippen molar-refractivity contribution in [1.82, 2.24) is 10.2 Å². The number of amides is 2. The van der Waals surface area contributed by atoms with Crippen LogP contribution in [0.1, 0.15) is 25.3 Å². The Kier molecular flexibility index (Phi) is 7.71. The van der Waals surface area contributed by atoms with E-state index in [0.717, 1.165) is 0 Å². The second-order valence-electron chi connectivity index (χ2n) is 6.49. The highest BCUT2D eigenvalue weighted by molar-refractivity contribution is 6.43. The molecule has 1 atom stereocenters. The number of carbonyl (C=O) groups is 3. The number of hydrogen-bond donors (Lipinski definition) is 2. The van der Waals surface area contributed by atoms with E-state index in [9.17, 15) is 19.5 Å². The van der Waals surface area contributed by atoms with Crippen LogP contribution in [-0.2, 0) is 19.1 Å². The van der Waals surface area contributed by atoms with Gasteiger partial charge in [0.2, 0.25) is 11.8 Å². The molecule has 0 radical (unpaired) electrons. The monoisotopic (exact) mass is 428 g/mol. The summed E-state index contributed by atoms with van der Waals surface area (Å²) in [6.07, 6.45) is 3.93. The number of methoxy groups -OCH3 is 1. The van der Waals surface area contributed by atoms with Gasteiger partial charge in [0.25, 0.3) is 0 Å². The Morgan fingerprint density at radius 2 is 1.89 bits per heavy atom. The Bertz CT molecular complexity index is 789. The lowest BCUT2D eigenvalue weighted by atomic mass is 9.95. The highest BCUT2D eigenvalue weighted by Crippen LogP contribution is 2.34. The summed E-state index contributed by atoms with van der Waals surface area (Å²) >= 11 is 11.9. The fourth-order valence-corrected chi connectivity index (χ4v) is 3.27. The maximum Gasteiger partial charge on any atom is 0.328 e. The zero-order chi connectivity index (χ0) is 20.8. The molecule has 28 heavy (non-hydrogen) atoms. The zero-order valence-corrected chi connectivity index (χ0v) is 17.1. The lowest BCUT2D eigenvalue weighted by Gasteiger charge is -2.31. The van der Waals surface area contributed by atoms with Crippen molar-refractivity contribution < 1.29 is 24.2 Å². The van der Waals surface area contributed by atoms with E-state index >= 15 is 0 Å².